The van der Waals surface area contributed by atoms with Crippen molar-refractivity contribution in [3.05, 3.63) is 35.9 Å². The average Bonchev–Trinajstić information content (AvgIpc) is 2.68. The highest BCUT2D eigenvalue weighted by molar-refractivity contribution is 5.89. The second kappa shape index (κ2) is 12.8. The van der Waals surface area contributed by atoms with Gasteiger partial charge in [0.2, 0.25) is 5.91 Å². The molecular weight excluding hydrogens is 418 g/mol. The Balaban J connectivity index is 2.79. The van der Waals surface area contributed by atoms with Gasteiger partial charge in [0.1, 0.15) is 18.2 Å². The zero-order valence-electron chi connectivity index (χ0n) is 17.9. The summed E-state index contributed by atoms with van der Waals surface area (Å²) >= 11 is 0. The van der Waals surface area contributed by atoms with Crippen LogP contribution in [-0.4, -0.2) is 62.6 Å². The summed E-state index contributed by atoms with van der Waals surface area (Å²) in [6, 6.07) is 5.87. The minimum Gasteiger partial charge on any atom is -0.459 e. The Labute approximate surface area is 179 Å². The van der Waals surface area contributed by atoms with Crippen LogP contribution >= 0.6 is 0 Å². The first-order chi connectivity index (χ1) is 14.5. The third-order valence-corrected chi connectivity index (χ3v) is 3.55. The van der Waals surface area contributed by atoms with Gasteiger partial charge >= 0.3 is 18.7 Å². The van der Waals surface area contributed by atoms with E-state index in [2.05, 4.69) is 15.4 Å². The number of alkyl carbamates (subject to hydrolysis) is 1. The summed E-state index contributed by atoms with van der Waals surface area (Å²) in [4.78, 5) is 36.9. The third-order valence-electron chi connectivity index (χ3n) is 3.55. The first-order valence-corrected chi connectivity index (χ1v) is 9.41. The van der Waals surface area contributed by atoms with E-state index in [9.17, 15) is 23.2 Å². The number of hydrogen-bond acceptors (Lipinski definition) is 7. The van der Waals surface area contributed by atoms with Gasteiger partial charge in [0.15, 0.2) is 6.04 Å². The molecule has 174 valence electrons. The number of nitrogens with one attached hydrogen (secondary N) is 2. The summed E-state index contributed by atoms with van der Waals surface area (Å²) in [5.74, 6) is -1.85. The molecule has 0 heterocycles. The molecule has 9 nitrogen and oxygen atoms in total. The second-order valence-electron chi connectivity index (χ2n) is 7.40. The van der Waals surface area contributed by atoms with E-state index in [0.29, 0.717) is 5.56 Å². The number of esters is 1. The summed E-state index contributed by atoms with van der Waals surface area (Å²) < 4.78 is 44.2. The molecule has 31 heavy (non-hydrogen) atoms. The molecule has 0 bridgehead atoms. The zero-order valence-corrected chi connectivity index (χ0v) is 17.9. The van der Waals surface area contributed by atoms with Crippen LogP contribution in [0.1, 0.15) is 26.3 Å². The number of carbonyl (C=O) groups excluding carboxylic acids is 3. The fourth-order valence-electron chi connectivity index (χ4n) is 2.24. The van der Waals surface area contributed by atoms with E-state index < -0.39 is 48.9 Å². The maximum absolute atomic E-state index is 12.6. The predicted octanol–water partition coefficient (Wildman–Crippen LogP) is 1.99. The minimum atomic E-state index is -3.16. The topological polar surface area (TPSA) is 112 Å². The summed E-state index contributed by atoms with van der Waals surface area (Å²) in [6.07, 6.45) is -0.892. The Bertz CT molecular complexity index is 711. The molecule has 0 spiro atoms. The molecule has 0 saturated heterocycles. The lowest BCUT2D eigenvalue weighted by atomic mass is 10.2. The molecular formula is C20H28F2N2O7. The molecule has 1 aromatic carbocycles. The maximum Gasteiger partial charge on any atom is 0.408 e. The van der Waals surface area contributed by atoms with E-state index in [-0.39, 0.29) is 13.2 Å². The summed E-state index contributed by atoms with van der Waals surface area (Å²) in [7, 11) is 1.29. The second-order valence-corrected chi connectivity index (χ2v) is 7.40. The number of alkyl halides is 2. The smallest absolute Gasteiger partial charge is 0.408 e. The Hall–Kier alpha value is -2.79. The first kappa shape index (κ1) is 26.2. The molecule has 11 heteroatoms. The first-order valence-electron chi connectivity index (χ1n) is 9.41. The van der Waals surface area contributed by atoms with Crippen LogP contribution < -0.4 is 10.6 Å². The van der Waals surface area contributed by atoms with Crippen LogP contribution in [0.2, 0.25) is 0 Å². The number of amides is 2. The van der Waals surface area contributed by atoms with E-state index in [1.807, 2.05) is 0 Å². The van der Waals surface area contributed by atoms with Crippen LogP contribution in [0.15, 0.2) is 30.3 Å². The number of rotatable bonds is 11. The largest absolute Gasteiger partial charge is 0.459 e. The fraction of sp³-hybridized carbons (Fsp3) is 0.550. The molecule has 0 aliphatic carbocycles. The lowest BCUT2D eigenvalue weighted by molar-refractivity contribution is -0.161. The number of benzene rings is 1. The lowest BCUT2D eigenvalue weighted by Crippen LogP contribution is -2.55. The number of hydrogen-bond donors (Lipinski definition) is 2. The lowest BCUT2D eigenvalue weighted by Gasteiger charge is -2.24. The third kappa shape index (κ3) is 11.2. The SMILES string of the molecule is COC[C@H](NC(=O)OC(C)(C)C)C(=O)NC(COC(F)F)C(=O)OCc1ccccc1. The van der Waals surface area contributed by atoms with Crippen molar-refractivity contribution in [2.45, 2.75) is 51.7 Å². The number of methoxy groups -OCH3 is 1. The molecule has 0 aliphatic rings. The number of halogens is 2. The van der Waals surface area contributed by atoms with Crippen LogP contribution in [0.3, 0.4) is 0 Å². The van der Waals surface area contributed by atoms with Crippen LogP contribution in [0.4, 0.5) is 13.6 Å². The molecule has 1 aromatic rings. The molecule has 0 radical (unpaired) electrons. The van der Waals surface area contributed by atoms with Crippen LogP contribution in [0, 0.1) is 0 Å². The van der Waals surface area contributed by atoms with Crippen LogP contribution in [0.5, 0.6) is 0 Å². The normalized spacial score (nSPS) is 13.3. The van der Waals surface area contributed by atoms with Gasteiger partial charge in [-0.1, -0.05) is 30.3 Å². The van der Waals surface area contributed by atoms with Gasteiger partial charge in [-0.3, -0.25) is 4.79 Å². The highest BCUT2D eigenvalue weighted by atomic mass is 19.3. The maximum atomic E-state index is 12.6. The van der Waals surface area contributed by atoms with E-state index in [1.165, 1.54) is 7.11 Å². The Morgan fingerprint density at radius 3 is 2.19 bits per heavy atom. The van der Waals surface area contributed by atoms with Gasteiger partial charge in [-0.15, -0.1) is 0 Å². The standard InChI is InChI=1S/C20H28F2N2O7/c1-20(2,3)31-19(27)24-14(11-28-4)16(25)23-15(12-30-18(21)22)17(26)29-10-13-8-6-5-7-9-13/h5-9,14-15,18H,10-12H2,1-4H3,(H,23,25)(H,24,27)/t14-,15?/m0/s1. The highest BCUT2D eigenvalue weighted by Gasteiger charge is 2.30. The van der Waals surface area contributed by atoms with Gasteiger partial charge < -0.3 is 29.6 Å². The van der Waals surface area contributed by atoms with Gasteiger partial charge in [0.25, 0.3) is 0 Å². The van der Waals surface area contributed by atoms with Crippen molar-refractivity contribution in [3.8, 4) is 0 Å². The molecule has 0 aromatic heterocycles. The van der Waals surface area contributed by atoms with Crippen LogP contribution in [-0.2, 0) is 35.1 Å². The summed E-state index contributed by atoms with van der Waals surface area (Å²) in [6.45, 7) is 0.541. The summed E-state index contributed by atoms with van der Waals surface area (Å²) in [5.41, 5.74) is -0.146. The Morgan fingerprint density at radius 1 is 1.00 bits per heavy atom. The van der Waals surface area contributed by atoms with Crippen molar-refractivity contribution in [1.29, 1.82) is 0 Å². The van der Waals surface area contributed by atoms with E-state index in [4.69, 9.17) is 14.2 Å². The van der Waals surface area contributed by atoms with Crippen LogP contribution in [0.25, 0.3) is 0 Å². The monoisotopic (exact) mass is 446 g/mol. The van der Waals surface area contributed by atoms with Crippen molar-refractivity contribution in [2.24, 2.45) is 0 Å². The highest BCUT2D eigenvalue weighted by Crippen LogP contribution is 2.08. The molecule has 0 saturated carbocycles. The van der Waals surface area contributed by atoms with Crippen molar-refractivity contribution >= 4 is 18.0 Å². The van der Waals surface area contributed by atoms with Gasteiger partial charge in [-0.05, 0) is 26.3 Å². The van der Waals surface area contributed by atoms with Gasteiger partial charge in [-0.25, -0.2) is 9.59 Å². The van der Waals surface area contributed by atoms with Gasteiger partial charge in [-0.2, -0.15) is 8.78 Å². The molecule has 0 fully saturated rings. The minimum absolute atomic E-state index is 0.127. The quantitative estimate of drug-likeness (QED) is 0.500. The predicted molar refractivity (Wildman–Crippen MR) is 105 cm³/mol. The zero-order chi connectivity index (χ0) is 23.4. The van der Waals surface area contributed by atoms with E-state index in [0.717, 1.165) is 0 Å². The molecule has 1 rings (SSSR count). The van der Waals surface area contributed by atoms with Crippen molar-refractivity contribution < 1.29 is 42.1 Å². The molecule has 0 aliphatic heterocycles. The number of carbonyl (C=O) groups is 3. The van der Waals surface area contributed by atoms with Crippen molar-refractivity contribution in [3.63, 3.8) is 0 Å². The Morgan fingerprint density at radius 2 is 1.65 bits per heavy atom. The van der Waals surface area contributed by atoms with Crippen molar-refractivity contribution in [1.82, 2.24) is 10.6 Å². The van der Waals surface area contributed by atoms with Crippen molar-refractivity contribution in [2.75, 3.05) is 20.3 Å². The van der Waals surface area contributed by atoms with Gasteiger partial charge in [0.05, 0.1) is 13.2 Å². The van der Waals surface area contributed by atoms with E-state index in [1.54, 1.807) is 51.1 Å². The summed E-state index contributed by atoms with van der Waals surface area (Å²) in [5, 5.41) is 4.54. The molecule has 1 unspecified atom stereocenters. The van der Waals surface area contributed by atoms with Gasteiger partial charge in [0, 0.05) is 7.11 Å². The molecule has 2 N–H and O–H groups in total. The molecule has 2 amide bonds. The average molecular weight is 446 g/mol. The Kier molecular flexibility index (Phi) is 10.8. The molecule has 2 atom stereocenters. The van der Waals surface area contributed by atoms with E-state index >= 15 is 0 Å². The number of ether oxygens (including phenoxy) is 4. The fourth-order valence-corrected chi connectivity index (χ4v) is 2.24.